The van der Waals surface area contributed by atoms with E-state index in [9.17, 15) is 0 Å². The molecule has 0 aliphatic heterocycles. The van der Waals surface area contributed by atoms with E-state index in [0.29, 0.717) is 0 Å². The largest absolute Gasteiger partial charge is 0.334 e. The maximum absolute atomic E-state index is 5.84. The lowest BCUT2D eigenvalue weighted by Gasteiger charge is -2.13. The van der Waals surface area contributed by atoms with Crippen LogP contribution in [0.2, 0.25) is 0 Å². The van der Waals surface area contributed by atoms with Crippen molar-refractivity contribution in [2.24, 2.45) is 12.8 Å². The maximum atomic E-state index is 5.84. The molecule has 0 spiro atoms. The Balaban J connectivity index is 1.93. The van der Waals surface area contributed by atoms with Gasteiger partial charge < -0.3 is 10.3 Å². The molecule has 0 bridgehead atoms. The van der Waals surface area contributed by atoms with Crippen molar-refractivity contribution in [2.45, 2.75) is 18.3 Å². The van der Waals surface area contributed by atoms with Gasteiger partial charge in [-0.2, -0.15) is 0 Å². The van der Waals surface area contributed by atoms with Crippen molar-refractivity contribution >= 4 is 0 Å². The summed E-state index contributed by atoms with van der Waals surface area (Å²) in [6.07, 6.45) is 6.24. The first-order valence-electron chi connectivity index (χ1n) is 6.03. The summed E-state index contributed by atoms with van der Waals surface area (Å²) in [7, 11) is 2.01. The molecular formula is C14H17N3. The molecule has 1 heterocycles. The molecule has 0 unspecified atom stereocenters. The van der Waals surface area contributed by atoms with Crippen molar-refractivity contribution in [3.63, 3.8) is 0 Å². The zero-order chi connectivity index (χ0) is 11.9. The van der Waals surface area contributed by atoms with Crippen LogP contribution in [0, 0.1) is 0 Å². The predicted molar refractivity (Wildman–Crippen MR) is 68.6 cm³/mol. The van der Waals surface area contributed by atoms with Crippen LogP contribution in [0.25, 0.3) is 11.4 Å². The lowest BCUT2D eigenvalue weighted by atomic mass is 9.95. The molecule has 1 aliphatic rings. The van der Waals surface area contributed by atoms with Gasteiger partial charge in [-0.05, 0) is 18.4 Å². The van der Waals surface area contributed by atoms with Gasteiger partial charge in [0.25, 0.3) is 0 Å². The van der Waals surface area contributed by atoms with E-state index < -0.39 is 0 Å². The number of imidazole rings is 1. The zero-order valence-electron chi connectivity index (χ0n) is 10.1. The summed E-state index contributed by atoms with van der Waals surface area (Å²) in [6, 6.07) is 8.69. The summed E-state index contributed by atoms with van der Waals surface area (Å²) in [5, 5.41) is 0. The van der Waals surface area contributed by atoms with E-state index in [0.717, 1.165) is 17.9 Å². The van der Waals surface area contributed by atoms with Gasteiger partial charge in [0, 0.05) is 37.0 Å². The molecule has 3 heteroatoms. The summed E-state index contributed by atoms with van der Waals surface area (Å²) in [5.74, 6) is 1.01. The third-order valence-corrected chi connectivity index (χ3v) is 3.82. The van der Waals surface area contributed by atoms with Crippen molar-refractivity contribution < 1.29 is 0 Å². The van der Waals surface area contributed by atoms with Crippen LogP contribution in [0.15, 0.2) is 36.7 Å². The molecular weight excluding hydrogens is 210 g/mol. The zero-order valence-corrected chi connectivity index (χ0v) is 10.1. The highest BCUT2D eigenvalue weighted by Gasteiger charge is 2.42. The van der Waals surface area contributed by atoms with E-state index in [1.807, 2.05) is 24.0 Å². The third kappa shape index (κ3) is 1.67. The van der Waals surface area contributed by atoms with Crippen molar-refractivity contribution in [2.75, 3.05) is 6.54 Å². The number of aryl methyl sites for hydroxylation is 1. The minimum Gasteiger partial charge on any atom is -0.334 e. The Labute approximate surface area is 101 Å². The molecule has 1 aromatic carbocycles. The Morgan fingerprint density at radius 1 is 1.29 bits per heavy atom. The number of hydrogen-bond acceptors (Lipinski definition) is 2. The molecule has 0 atom stereocenters. The second kappa shape index (κ2) is 3.70. The Morgan fingerprint density at radius 2 is 2.00 bits per heavy atom. The highest BCUT2D eigenvalue weighted by atomic mass is 15.0. The van der Waals surface area contributed by atoms with E-state index in [2.05, 4.69) is 29.2 Å². The van der Waals surface area contributed by atoms with Gasteiger partial charge in [0.05, 0.1) is 0 Å². The number of hydrogen-bond donors (Lipinski definition) is 1. The van der Waals surface area contributed by atoms with E-state index >= 15 is 0 Å². The van der Waals surface area contributed by atoms with Gasteiger partial charge in [-0.25, -0.2) is 4.98 Å². The standard InChI is InChI=1S/C14H17N3/c1-17-9-8-16-13(17)11-2-4-12(5-3-11)14(10-15)6-7-14/h2-5,8-9H,6-7,10,15H2,1H3. The molecule has 0 amide bonds. The number of rotatable bonds is 3. The van der Waals surface area contributed by atoms with E-state index in [-0.39, 0.29) is 5.41 Å². The van der Waals surface area contributed by atoms with Crippen molar-refractivity contribution in [1.29, 1.82) is 0 Å². The van der Waals surface area contributed by atoms with Gasteiger partial charge in [0.2, 0.25) is 0 Å². The van der Waals surface area contributed by atoms with Crippen molar-refractivity contribution in [1.82, 2.24) is 9.55 Å². The molecule has 1 aliphatic carbocycles. The summed E-state index contributed by atoms with van der Waals surface area (Å²) >= 11 is 0. The average molecular weight is 227 g/mol. The number of nitrogens with two attached hydrogens (primary N) is 1. The maximum Gasteiger partial charge on any atom is 0.139 e. The van der Waals surface area contributed by atoms with Crippen LogP contribution in [0.5, 0.6) is 0 Å². The average Bonchev–Trinajstić information content (AvgIpc) is 3.06. The van der Waals surface area contributed by atoms with Crippen molar-refractivity contribution in [3.8, 4) is 11.4 Å². The first-order valence-corrected chi connectivity index (χ1v) is 6.03. The second-order valence-corrected chi connectivity index (χ2v) is 4.92. The van der Waals surface area contributed by atoms with Crippen LogP contribution in [-0.2, 0) is 12.5 Å². The van der Waals surface area contributed by atoms with E-state index in [1.165, 1.54) is 18.4 Å². The van der Waals surface area contributed by atoms with E-state index in [4.69, 9.17) is 5.73 Å². The molecule has 1 fully saturated rings. The molecule has 2 N–H and O–H groups in total. The summed E-state index contributed by atoms with van der Waals surface area (Å²) in [5.41, 5.74) is 8.65. The molecule has 0 radical (unpaired) electrons. The van der Waals surface area contributed by atoms with Gasteiger partial charge in [-0.15, -0.1) is 0 Å². The van der Waals surface area contributed by atoms with Crippen LogP contribution < -0.4 is 5.73 Å². The number of benzene rings is 1. The Hall–Kier alpha value is -1.61. The fourth-order valence-electron chi connectivity index (χ4n) is 2.38. The smallest absolute Gasteiger partial charge is 0.139 e. The van der Waals surface area contributed by atoms with Gasteiger partial charge in [0.15, 0.2) is 0 Å². The van der Waals surface area contributed by atoms with Gasteiger partial charge in [0.1, 0.15) is 5.82 Å². The first-order chi connectivity index (χ1) is 8.25. The van der Waals surface area contributed by atoms with Crippen molar-refractivity contribution in [3.05, 3.63) is 42.2 Å². The molecule has 3 rings (SSSR count). The fraction of sp³-hybridized carbons (Fsp3) is 0.357. The van der Waals surface area contributed by atoms with Crippen LogP contribution in [0.4, 0.5) is 0 Å². The molecule has 0 saturated heterocycles. The Bertz CT molecular complexity index is 521. The summed E-state index contributed by atoms with van der Waals surface area (Å²) in [6.45, 7) is 0.759. The summed E-state index contributed by atoms with van der Waals surface area (Å²) < 4.78 is 2.03. The number of nitrogens with zero attached hydrogens (tertiary/aromatic N) is 2. The fourth-order valence-corrected chi connectivity index (χ4v) is 2.38. The molecule has 2 aromatic rings. The normalized spacial score (nSPS) is 17.1. The van der Waals surface area contributed by atoms with Gasteiger partial charge >= 0.3 is 0 Å². The number of aromatic nitrogens is 2. The lowest BCUT2D eigenvalue weighted by Crippen LogP contribution is -2.19. The first kappa shape index (κ1) is 10.5. The second-order valence-electron chi connectivity index (χ2n) is 4.92. The van der Waals surface area contributed by atoms with Crippen LogP contribution in [0.1, 0.15) is 18.4 Å². The third-order valence-electron chi connectivity index (χ3n) is 3.82. The minimum atomic E-state index is 0.278. The molecule has 3 nitrogen and oxygen atoms in total. The highest BCUT2D eigenvalue weighted by molar-refractivity contribution is 5.56. The molecule has 17 heavy (non-hydrogen) atoms. The lowest BCUT2D eigenvalue weighted by molar-refractivity contribution is 0.705. The Morgan fingerprint density at radius 3 is 2.47 bits per heavy atom. The molecule has 88 valence electrons. The molecule has 1 saturated carbocycles. The highest BCUT2D eigenvalue weighted by Crippen LogP contribution is 2.47. The minimum absolute atomic E-state index is 0.278. The van der Waals surface area contributed by atoms with Gasteiger partial charge in [-0.3, -0.25) is 0 Å². The topological polar surface area (TPSA) is 43.8 Å². The van der Waals surface area contributed by atoms with Crippen LogP contribution in [0.3, 0.4) is 0 Å². The summed E-state index contributed by atoms with van der Waals surface area (Å²) in [4.78, 5) is 4.35. The van der Waals surface area contributed by atoms with Gasteiger partial charge in [-0.1, -0.05) is 24.3 Å². The molecule has 1 aromatic heterocycles. The quantitative estimate of drug-likeness (QED) is 0.872. The predicted octanol–water partition coefficient (Wildman–Crippen LogP) is 2.08. The van der Waals surface area contributed by atoms with Crippen LogP contribution in [-0.4, -0.2) is 16.1 Å². The SMILES string of the molecule is Cn1ccnc1-c1ccc(C2(CN)CC2)cc1. The Kier molecular flexibility index (Phi) is 2.30. The van der Waals surface area contributed by atoms with Crippen LogP contribution >= 0.6 is 0 Å². The monoisotopic (exact) mass is 227 g/mol. The van der Waals surface area contributed by atoms with E-state index in [1.54, 1.807) is 0 Å².